The number of fused-ring (bicyclic) bond motifs is 1. The quantitative estimate of drug-likeness (QED) is 0.662. The van der Waals surface area contributed by atoms with E-state index in [1.165, 1.54) is 21.9 Å². The van der Waals surface area contributed by atoms with Crippen molar-refractivity contribution in [1.29, 1.82) is 0 Å². The van der Waals surface area contributed by atoms with Crippen molar-refractivity contribution in [3.63, 3.8) is 0 Å². The molecule has 0 saturated carbocycles. The third-order valence-corrected chi connectivity index (χ3v) is 4.84. The van der Waals surface area contributed by atoms with Crippen molar-refractivity contribution in [3.8, 4) is 0 Å². The van der Waals surface area contributed by atoms with E-state index in [-0.39, 0.29) is 6.10 Å². The average Bonchev–Trinajstić information content (AvgIpc) is 3.14. The Hall–Kier alpha value is -2.46. The maximum atomic E-state index is 6.16. The first-order valence-corrected chi connectivity index (χ1v) is 8.91. The lowest BCUT2D eigenvalue weighted by Crippen LogP contribution is -2.27. The second kappa shape index (κ2) is 7.19. The lowest BCUT2D eigenvalue weighted by Gasteiger charge is -2.28. The van der Waals surface area contributed by atoms with E-state index < -0.39 is 0 Å². The summed E-state index contributed by atoms with van der Waals surface area (Å²) < 4.78 is 8.03. The molecule has 1 aliphatic rings. The van der Waals surface area contributed by atoms with Crippen molar-refractivity contribution >= 4 is 10.8 Å². The molecule has 0 bridgehead atoms. The van der Waals surface area contributed by atoms with Crippen LogP contribution >= 0.6 is 0 Å². The topological polar surface area (TPSA) is 39.9 Å². The number of aryl methyl sites for hydroxylation is 1. The van der Waals surface area contributed by atoms with Crippen molar-refractivity contribution in [2.24, 2.45) is 5.92 Å². The molecule has 25 heavy (non-hydrogen) atoms. The molecule has 128 valence electrons. The normalized spacial score (nSPS) is 20.6. The Morgan fingerprint density at radius 3 is 2.92 bits per heavy atom. The van der Waals surface area contributed by atoms with Crippen LogP contribution in [-0.4, -0.2) is 27.5 Å². The molecule has 2 atom stereocenters. The van der Waals surface area contributed by atoms with E-state index in [0.717, 1.165) is 26.0 Å². The van der Waals surface area contributed by atoms with Crippen LogP contribution in [0.1, 0.15) is 18.9 Å². The maximum Gasteiger partial charge on any atom is 0.137 e. The monoisotopic (exact) mass is 333 g/mol. The first kappa shape index (κ1) is 16.0. The number of rotatable bonds is 5. The molecule has 4 nitrogen and oxygen atoms in total. The van der Waals surface area contributed by atoms with Gasteiger partial charge in [-0.2, -0.15) is 5.10 Å². The van der Waals surface area contributed by atoms with Gasteiger partial charge in [0, 0.05) is 0 Å². The summed E-state index contributed by atoms with van der Waals surface area (Å²) in [5, 5.41) is 6.88. The lowest BCUT2D eigenvalue weighted by molar-refractivity contribution is 0.0423. The van der Waals surface area contributed by atoms with Crippen LogP contribution in [0.5, 0.6) is 0 Å². The van der Waals surface area contributed by atoms with Gasteiger partial charge in [-0.15, -0.1) is 0 Å². The highest BCUT2D eigenvalue weighted by Crippen LogP contribution is 2.26. The summed E-state index contributed by atoms with van der Waals surface area (Å²) >= 11 is 0. The average molecular weight is 333 g/mol. The molecule has 0 aliphatic carbocycles. The number of benzene rings is 2. The van der Waals surface area contributed by atoms with Crippen LogP contribution in [0, 0.1) is 5.92 Å². The Morgan fingerprint density at radius 1 is 1.16 bits per heavy atom. The molecule has 0 saturated heterocycles. The molecule has 0 fully saturated rings. The summed E-state index contributed by atoms with van der Waals surface area (Å²) in [4.78, 5) is 4.04. The highest BCUT2D eigenvalue weighted by molar-refractivity contribution is 5.85. The molecule has 4 rings (SSSR count). The second-order valence-corrected chi connectivity index (χ2v) is 6.81. The molecule has 2 heterocycles. The van der Waals surface area contributed by atoms with Crippen LogP contribution in [0.25, 0.3) is 10.8 Å². The Bertz CT molecular complexity index is 864. The van der Waals surface area contributed by atoms with Crippen LogP contribution in [0.3, 0.4) is 0 Å². The highest BCUT2D eigenvalue weighted by Gasteiger charge is 2.22. The molecule has 0 radical (unpaired) electrons. The molecule has 0 N–H and O–H groups in total. The van der Waals surface area contributed by atoms with Crippen LogP contribution in [0.15, 0.2) is 66.8 Å². The zero-order chi connectivity index (χ0) is 17.1. The summed E-state index contributed by atoms with van der Waals surface area (Å²) in [6.07, 6.45) is 7.84. The Kier molecular flexibility index (Phi) is 4.61. The predicted molar refractivity (Wildman–Crippen MR) is 99.3 cm³/mol. The number of hydrogen-bond acceptors (Lipinski definition) is 3. The van der Waals surface area contributed by atoms with Gasteiger partial charge in [0.25, 0.3) is 0 Å². The highest BCUT2D eigenvalue weighted by atomic mass is 16.5. The van der Waals surface area contributed by atoms with E-state index in [9.17, 15) is 0 Å². The fourth-order valence-corrected chi connectivity index (χ4v) is 3.62. The van der Waals surface area contributed by atoms with Gasteiger partial charge in [-0.1, -0.05) is 55.5 Å². The molecule has 4 heteroatoms. The summed E-state index contributed by atoms with van der Waals surface area (Å²) in [5.74, 6) is 0.451. The van der Waals surface area contributed by atoms with Crippen LogP contribution in [0.4, 0.5) is 0 Å². The maximum absolute atomic E-state index is 6.16. The summed E-state index contributed by atoms with van der Waals surface area (Å²) in [5.41, 5.74) is 2.70. The minimum absolute atomic E-state index is 0.152. The van der Waals surface area contributed by atoms with Crippen molar-refractivity contribution in [1.82, 2.24) is 14.8 Å². The minimum atomic E-state index is 0.152. The van der Waals surface area contributed by atoms with Gasteiger partial charge in [0.15, 0.2) is 0 Å². The molecule has 0 amide bonds. The van der Waals surface area contributed by atoms with Gasteiger partial charge in [-0.25, -0.2) is 9.67 Å². The summed E-state index contributed by atoms with van der Waals surface area (Å²) in [7, 11) is 0. The van der Waals surface area contributed by atoms with Crippen molar-refractivity contribution < 1.29 is 4.74 Å². The standard InChI is InChI=1S/C21H23N3O/c1-16-11-19(12-24-15-22-14-23-24)21(25-13-16)10-9-18-7-4-6-17-5-2-3-8-20(17)18/h2-8,11,14-16,21H,9-10,12-13H2,1H3/t16-,21+/m1/s1. The molecule has 0 unspecified atom stereocenters. The zero-order valence-corrected chi connectivity index (χ0v) is 14.5. The van der Waals surface area contributed by atoms with Gasteiger partial charge >= 0.3 is 0 Å². The van der Waals surface area contributed by atoms with Gasteiger partial charge in [-0.05, 0) is 40.7 Å². The number of hydrogen-bond donors (Lipinski definition) is 0. The molecule has 1 aromatic heterocycles. The van der Waals surface area contributed by atoms with E-state index in [2.05, 4.69) is 65.5 Å². The fourth-order valence-electron chi connectivity index (χ4n) is 3.62. The molecule has 0 spiro atoms. The van der Waals surface area contributed by atoms with E-state index in [1.54, 1.807) is 12.7 Å². The minimum Gasteiger partial charge on any atom is -0.373 e. The van der Waals surface area contributed by atoms with Crippen LogP contribution < -0.4 is 0 Å². The Morgan fingerprint density at radius 2 is 2.04 bits per heavy atom. The Balaban J connectivity index is 1.51. The lowest BCUT2D eigenvalue weighted by atomic mass is 9.94. The van der Waals surface area contributed by atoms with Crippen molar-refractivity contribution in [2.75, 3.05) is 6.61 Å². The van der Waals surface area contributed by atoms with E-state index in [4.69, 9.17) is 4.74 Å². The van der Waals surface area contributed by atoms with Gasteiger partial charge < -0.3 is 4.74 Å². The van der Waals surface area contributed by atoms with Gasteiger partial charge in [0.05, 0.1) is 19.3 Å². The van der Waals surface area contributed by atoms with Crippen LogP contribution in [0.2, 0.25) is 0 Å². The van der Waals surface area contributed by atoms with Crippen LogP contribution in [-0.2, 0) is 17.7 Å². The zero-order valence-electron chi connectivity index (χ0n) is 14.5. The Labute approximate surface area is 148 Å². The molecule has 2 aromatic carbocycles. The molecule has 1 aliphatic heterocycles. The number of ether oxygens (including phenoxy) is 1. The third-order valence-electron chi connectivity index (χ3n) is 4.84. The second-order valence-electron chi connectivity index (χ2n) is 6.81. The molecular formula is C21H23N3O. The smallest absolute Gasteiger partial charge is 0.137 e. The van der Waals surface area contributed by atoms with Gasteiger partial charge in [0.2, 0.25) is 0 Å². The number of nitrogens with zero attached hydrogens (tertiary/aromatic N) is 3. The third kappa shape index (κ3) is 3.64. The van der Waals surface area contributed by atoms with Gasteiger partial charge in [0.1, 0.15) is 12.7 Å². The first-order valence-electron chi connectivity index (χ1n) is 8.91. The largest absolute Gasteiger partial charge is 0.373 e. The van der Waals surface area contributed by atoms with Gasteiger partial charge in [-0.3, -0.25) is 0 Å². The summed E-state index contributed by atoms with van der Waals surface area (Å²) in [6.45, 7) is 3.74. The van der Waals surface area contributed by atoms with E-state index >= 15 is 0 Å². The number of aromatic nitrogens is 3. The summed E-state index contributed by atoms with van der Waals surface area (Å²) in [6, 6.07) is 15.1. The molecule has 3 aromatic rings. The van der Waals surface area contributed by atoms with Crippen molar-refractivity contribution in [3.05, 3.63) is 72.3 Å². The SMILES string of the molecule is C[C@@H]1C=C(Cn2cncn2)[C@H](CCc2cccc3ccccc23)OC1. The molecular weight excluding hydrogens is 310 g/mol. The van der Waals surface area contributed by atoms with Crippen molar-refractivity contribution in [2.45, 2.75) is 32.4 Å². The fraction of sp³-hybridized carbons (Fsp3) is 0.333. The van der Waals surface area contributed by atoms with E-state index in [1.807, 2.05) is 4.68 Å². The predicted octanol–water partition coefficient (Wildman–Crippen LogP) is 4.03. The van der Waals surface area contributed by atoms with E-state index in [0.29, 0.717) is 5.92 Å². The first-order chi connectivity index (χ1) is 12.3.